The van der Waals surface area contributed by atoms with Crippen molar-refractivity contribution < 1.29 is 4.79 Å². The Balaban J connectivity index is 1.71. The zero-order chi connectivity index (χ0) is 20.1. The summed E-state index contributed by atoms with van der Waals surface area (Å²) in [4.78, 5) is 43.5. The number of rotatable bonds is 2. The summed E-state index contributed by atoms with van der Waals surface area (Å²) >= 11 is 1.46. The number of aryl methyl sites for hydroxylation is 1. The molecule has 0 spiro atoms. The van der Waals surface area contributed by atoms with Crippen LogP contribution in [0.1, 0.15) is 28.9 Å². The first kappa shape index (κ1) is 18.1. The van der Waals surface area contributed by atoms with E-state index in [1.807, 2.05) is 12.3 Å². The number of carbonyl (C=O) groups is 1. The van der Waals surface area contributed by atoms with Crippen LogP contribution in [0.2, 0.25) is 0 Å². The largest absolute Gasteiger partial charge is 0.351 e. The Labute approximate surface area is 171 Å². The number of fused-ring (bicyclic) bond motifs is 4. The molecule has 9 heteroatoms. The molecule has 1 atom stereocenters. The van der Waals surface area contributed by atoms with E-state index < -0.39 is 0 Å². The van der Waals surface area contributed by atoms with Crippen molar-refractivity contribution in [2.24, 2.45) is 0 Å². The molecule has 8 nitrogen and oxygen atoms in total. The van der Waals surface area contributed by atoms with E-state index in [0.717, 1.165) is 19.4 Å². The summed E-state index contributed by atoms with van der Waals surface area (Å²) < 4.78 is 1.49. The Kier molecular flexibility index (Phi) is 4.27. The van der Waals surface area contributed by atoms with Crippen molar-refractivity contribution >= 4 is 34.8 Å². The Morgan fingerprint density at radius 3 is 2.93 bits per heavy atom. The number of carbonyl (C=O) groups excluding carboxylic acids is 1. The molecule has 1 amide bonds. The minimum atomic E-state index is -0.161. The third-order valence-corrected chi connectivity index (χ3v) is 6.10. The van der Waals surface area contributed by atoms with Crippen LogP contribution in [0.4, 0.5) is 11.5 Å². The van der Waals surface area contributed by atoms with Gasteiger partial charge in [-0.05, 0) is 38.2 Å². The van der Waals surface area contributed by atoms with E-state index in [-0.39, 0.29) is 17.5 Å². The van der Waals surface area contributed by atoms with E-state index in [9.17, 15) is 9.59 Å². The molecule has 0 bridgehead atoms. The van der Waals surface area contributed by atoms with Crippen LogP contribution in [0.5, 0.6) is 0 Å². The molecule has 1 saturated heterocycles. The Bertz CT molecular complexity index is 1190. The van der Waals surface area contributed by atoms with E-state index in [1.54, 1.807) is 30.3 Å². The first-order chi connectivity index (χ1) is 14.1. The van der Waals surface area contributed by atoms with E-state index in [1.165, 1.54) is 22.2 Å². The predicted molar refractivity (Wildman–Crippen MR) is 112 cm³/mol. The maximum Gasteiger partial charge on any atom is 0.263 e. The SMILES string of the molecule is CSc1ncc2c(n1)N1CCC[C@H]1CN(c1cccn3c(=O)cc(C)nc13)C2=O. The van der Waals surface area contributed by atoms with Gasteiger partial charge in [-0.3, -0.25) is 14.0 Å². The molecule has 5 rings (SSSR count). The lowest BCUT2D eigenvalue weighted by Gasteiger charge is -2.27. The van der Waals surface area contributed by atoms with Gasteiger partial charge >= 0.3 is 0 Å². The molecule has 0 aromatic carbocycles. The van der Waals surface area contributed by atoms with Crippen molar-refractivity contribution in [2.75, 3.05) is 29.1 Å². The van der Waals surface area contributed by atoms with E-state index in [4.69, 9.17) is 0 Å². The molecule has 3 aromatic heterocycles. The zero-order valence-corrected chi connectivity index (χ0v) is 17.0. The van der Waals surface area contributed by atoms with E-state index in [0.29, 0.717) is 40.1 Å². The van der Waals surface area contributed by atoms with Gasteiger partial charge in [-0.25, -0.2) is 15.0 Å². The number of nitrogens with zero attached hydrogens (tertiary/aromatic N) is 6. The number of amides is 1. The Hall–Kier alpha value is -2.94. The topological polar surface area (TPSA) is 83.7 Å². The number of thioether (sulfide) groups is 1. The van der Waals surface area contributed by atoms with Crippen molar-refractivity contribution in [1.82, 2.24) is 19.4 Å². The summed E-state index contributed by atoms with van der Waals surface area (Å²) in [6.07, 6.45) is 7.27. The lowest BCUT2D eigenvalue weighted by Crippen LogP contribution is -2.40. The van der Waals surface area contributed by atoms with Crippen LogP contribution >= 0.6 is 11.8 Å². The second-order valence-corrected chi connectivity index (χ2v) is 8.10. The molecule has 0 aliphatic carbocycles. The highest BCUT2D eigenvalue weighted by Gasteiger charge is 2.38. The van der Waals surface area contributed by atoms with Gasteiger partial charge in [-0.15, -0.1) is 0 Å². The minimum absolute atomic E-state index is 0.160. The average molecular weight is 408 g/mol. The molecular weight excluding hydrogens is 388 g/mol. The zero-order valence-electron chi connectivity index (χ0n) is 16.2. The molecule has 5 heterocycles. The Morgan fingerprint density at radius 2 is 2.10 bits per heavy atom. The lowest BCUT2D eigenvalue weighted by molar-refractivity contribution is 0.0988. The highest BCUT2D eigenvalue weighted by atomic mass is 32.2. The fourth-order valence-corrected chi connectivity index (χ4v) is 4.55. The predicted octanol–water partition coefficient (Wildman–Crippen LogP) is 2.14. The number of hydrogen-bond acceptors (Lipinski definition) is 7. The highest BCUT2D eigenvalue weighted by molar-refractivity contribution is 7.98. The highest BCUT2D eigenvalue weighted by Crippen LogP contribution is 2.35. The minimum Gasteiger partial charge on any atom is -0.351 e. The number of pyridine rings is 1. The third kappa shape index (κ3) is 2.88. The normalized spacial score (nSPS) is 18.7. The fourth-order valence-electron chi connectivity index (χ4n) is 4.21. The van der Waals surface area contributed by atoms with Crippen molar-refractivity contribution in [3.63, 3.8) is 0 Å². The van der Waals surface area contributed by atoms with E-state index in [2.05, 4.69) is 19.9 Å². The lowest BCUT2D eigenvalue weighted by atomic mass is 10.2. The molecule has 3 aromatic rings. The maximum atomic E-state index is 13.6. The Morgan fingerprint density at radius 1 is 1.24 bits per heavy atom. The quantitative estimate of drug-likeness (QED) is 0.474. The van der Waals surface area contributed by atoms with Crippen LogP contribution in [0.3, 0.4) is 0 Å². The van der Waals surface area contributed by atoms with Gasteiger partial charge in [0.05, 0.1) is 5.69 Å². The van der Waals surface area contributed by atoms with Crippen LogP contribution < -0.4 is 15.4 Å². The molecule has 0 unspecified atom stereocenters. The average Bonchev–Trinajstić information content (AvgIpc) is 3.15. The summed E-state index contributed by atoms with van der Waals surface area (Å²) in [5.41, 5.74) is 2.07. The summed E-state index contributed by atoms with van der Waals surface area (Å²) in [7, 11) is 0. The number of hydrogen-bond donors (Lipinski definition) is 0. The van der Waals surface area contributed by atoms with Crippen molar-refractivity contribution in [3.8, 4) is 0 Å². The molecular formula is C20H20N6O2S. The summed E-state index contributed by atoms with van der Waals surface area (Å²) in [6, 6.07) is 5.29. The van der Waals surface area contributed by atoms with Gasteiger partial charge in [0, 0.05) is 43.3 Å². The second-order valence-electron chi connectivity index (χ2n) is 7.32. The van der Waals surface area contributed by atoms with Crippen molar-refractivity contribution in [3.05, 3.63) is 52.2 Å². The van der Waals surface area contributed by atoms with Gasteiger partial charge in [-0.2, -0.15) is 0 Å². The fraction of sp³-hybridized carbons (Fsp3) is 0.350. The molecule has 29 heavy (non-hydrogen) atoms. The van der Waals surface area contributed by atoms with E-state index >= 15 is 0 Å². The summed E-state index contributed by atoms with van der Waals surface area (Å²) in [6.45, 7) is 3.18. The van der Waals surface area contributed by atoms with Gasteiger partial charge in [0.15, 0.2) is 10.8 Å². The van der Waals surface area contributed by atoms with Crippen molar-refractivity contribution in [1.29, 1.82) is 0 Å². The molecule has 0 radical (unpaired) electrons. The molecule has 0 saturated carbocycles. The van der Waals surface area contributed by atoms with Crippen LogP contribution in [0.15, 0.2) is 40.5 Å². The molecule has 2 aliphatic rings. The summed E-state index contributed by atoms with van der Waals surface area (Å²) in [5.74, 6) is 0.548. The van der Waals surface area contributed by atoms with Crippen LogP contribution in [0, 0.1) is 6.92 Å². The second kappa shape index (κ2) is 6.84. The van der Waals surface area contributed by atoms with Crippen LogP contribution in [-0.2, 0) is 0 Å². The molecule has 148 valence electrons. The molecule has 2 aliphatic heterocycles. The molecule has 0 N–H and O–H groups in total. The van der Waals surface area contributed by atoms with Gasteiger partial charge in [-0.1, -0.05) is 11.8 Å². The molecule has 1 fully saturated rings. The van der Waals surface area contributed by atoms with Gasteiger partial charge < -0.3 is 9.80 Å². The first-order valence-electron chi connectivity index (χ1n) is 9.55. The summed E-state index contributed by atoms with van der Waals surface area (Å²) in [5, 5.41) is 0.657. The third-order valence-electron chi connectivity index (χ3n) is 5.54. The van der Waals surface area contributed by atoms with Gasteiger partial charge in [0.25, 0.3) is 11.5 Å². The standard InChI is InChI=1S/C20H20N6O2S/c1-12-9-16(27)25-8-4-6-15(18(25)22-12)26-11-13-5-3-7-24(13)17-14(19(26)28)10-21-20(23-17)29-2/h4,6,8-10,13H,3,5,7,11H2,1-2H3/t13-/m0/s1. The number of anilines is 2. The maximum absolute atomic E-state index is 13.6. The van der Waals surface area contributed by atoms with Gasteiger partial charge in [0.2, 0.25) is 0 Å². The smallest absolute Gasteiger partial charge is 0.263 e. The van der Waals surface area contributed by atoms with Crippen LogP contribution in [-0.4, -0.2) is 50.6 Å². The van der Waals surface area contributed by atoms with Gasteiger partial charge in [0.1, 0.15) is 11.4 Å². The van der Waals surface area contributed by atoms with Crippen molar-refractivity contribution in [2.45, 2.75) is 31.0 Å². The monoisotopic (exact) mass is 408 g/mol. The number of aromatic nitrogens is 4. The van der Waals surface area contributed by atoms with Crippen LogP contribution in [0.25, 0.3) is 5.65 Å². The first-order valence-corrected chi connectivity index (χ1v) is 10.8.